The highest BCUT2D eigenvalue weighted by Gasteiger charge is 2.22. The summed E-state index contributed by atoms with van der Waals surface area (Å²) in [6.45, 7) is 0.517. The molecular formula is C24H28N4O3. The Balaban J connectivity index is 1.33. The standard InChI is InChI=1S/C24H28N4O3/c1-28-21-12-11-18(26-23(29)16-31-19-9-3-2-4-10-19)15-20(21)27-22(28)13-14-25-24(30)17-7-5-6-8-17/h2-4,9-12,15,17H,5-8,13-14,16H2,1H3,(H,25,30)(H,26,29). The van der Waals surface area contributed by atoms with Crippen molar-refractivity contribution < 1.29 is 14.3 Å². The topological polar surface area (TPSA) is 85.3 Å². The van der Waals surface area contributed by atoms with Crippen LogP contribution in [0, 0.1) is 5.92 Å². The molecule has 162 valence electrons. The zero-order valence-corrected chi connectivity index (χ0v) is 17.8. The van der Waals surface area contributed by atoms with Crippen molar-refractivity contribution in [2.45, 2.75) is 32.1 Å². The lowest BCUT2D eigenvalue weighted by molar-refractivity contribution is -0.124. The highest BCUT2D eigenvalue weighted by Crippen LogP contribution is 2.24. The molecular weight excluding hydrogens is 392 g/mol. The second-order valence-corrected chi connectivity index (χ2v) is 7.96. The highest BCUT2D eigenvalue weighted by molar-refractivity contribution is 5.94. The molecule has 0 spiro atoms. The Bertz CT molecular complexity index is 1060. The van der Waals surface area contributed by atoms with Crippen LogP contribution in [0.2, 0.25) is 0 Å². The van der Waals surface area contributed by atoms with E-state index in [-0.39, 0.29) is 24.3 Å². The molecule has 2 amide bonds. The van der Waals surface area contributed by atoms with E-state index in [1.165, 1.54) is 0 Å². The summed E-state index contributed by atoms with van der Waals surface area (Å²) in [6.07, 6.45) is 4.97. The van der Waals surface area contributed by atoms with Crippen molar-refractivity contribution in [2.24, 2.45) is 13.0 Å². The van der Waals surface area contributed by atoms with Crippen molar-refractivity contribution in [3.05, 3.63) is 54.4 Å². The van der Waals surface area contributed by atoms with Crippen molar-refractivity contribution >= 4 is 28.5 Å². The molecule has 1 fully saturated rings. The van der Waals surface area contributed by atoms with Gasteiger partial charge in [-0.05, 0) is 43.2 Å². The number of ether oxygens (including phenoxy) is 1. The predicted molar refractivity (Wildman–Crippen MR) is 120 cm³/mol. The molecule has 0 aliphatic heterocycles. The van der Waals surface area contributed by atoms with Gasteiger partial charge in [-0.3, -0.25) is 9.59 Å². The van der Waals surface area contributed by atoms with E-state index in [0.29, 0.717) is 24.4 Å². The van der Waals surface area contributed by atoms with Gasteiger partial charge in [0.1, 0.15) is 11.6 Å². The fourth-order valence-corrected chi connectivity index (χ4v) is 4.04. The van der Waals surface area contributed by atoms with Crippen molar-refractivity contribution in [1.29, 1.82) is 0 Å². The van der Waals surface area contributed by atoms with Gasteiger partial charge in [-0.2, -0.15) is 0 Å². The number of nitrogens with one attached hydrogen (secondary N) is 2. The van der Waals surface area contributed by atoms with Crippen molar-refractivity contribution in [1.82, 2.24) is 14.9 Å². The van der Waals surface area contributed by atoms with Gasteiger partial charge in [-0.15, -0.1) is 0 Å². The van der Waals surface area contributed by atoms with Crippen LogP contribution in [0.5, 0.6) is 5.75 Å². The van der Waals surface area contributed by atoms with E-state index >= 15 is 0 Å². The summed E-state index contributed by atoms with van der Waals surface area (Å²) >= 11 is 0. The molecule has 3 aromatic rings. The summed E-state index contributed by atoms with van der Waals surface area (Å²) in [5, 5.41) is 5.90. The molecule has 0 saturated heterocycles. The minimum absolute atomic E-state index is 0.0593. The Kier molecular flexibility index (Phi) is 6.50. The number of imidazole rings is 1. The minimum Gasteiger partial charge on any atom is -0.484 e. The number of hydrogen-bond acceptors (Lipinski definition) is 4. The van der Waals surface area contributed by atoms with Crippen LogP contribution in [0.15, 0.2) is 48.5 Å². The fourth-order valence-electron chi connectivity index (χ4n) is 4.04. The van der Waals surface area contributed by atoms with Crippen LogP contribution in [0.25, 0.3) is 11.0 Å². The molecule has 1 heterocycles. The number of carbonyl (C=O) groups excluding carboxylic acids is 2. The number of para-hydroxylation sites is 1. The van der Waals surface area contributed by atoms with Crippen LogP contribution < -0.4 is 15.4 Å². The zero-order valence-electron chi connectivity index (χ0n) is 17.8. The molecule has 7 heteroatoms. The number of carbonyl (C=O) groups is 2. The number of fused-ring (bicyclic) bond motifs is 1. The third-order valence-corrected chi connectivity index (χ3v) is 5.74. The summed E-state index contributed by atoms with van der Waals surface area (Å²) in [7, 11) is 1.97. The summed E-state index contributed by atoms with van der Waals surface area (Å²) in [5.74, 6) is 1.67. The van der Waals surface area contributed by atoms with Crippen molar-refractivity contribution in [2.75, 3.05) is 18.5 Å². The van der Waals surface area contributed by atoms with Crippen LogP contribution in [0.1, 0.15) is 31.5 Å². The Morgan fingerprint density at radius 1 is 1.13 bits per heavy atom. The lowest BCUT2D eigenvalue weighted by atomic mass is 10.1. The third kappa shape index (κ3) is 5.23. The summed E-state index contributed by atoms with van der Waals surface area (Å²) in [6, 6.07) is 14.9. The van der Waals surface area contributed by atoms with Gasteiger partial charge in [-0.25, -0.2) is 4.98 Å². The monoisotopic (exact) mass is 420 g/mol. The number of anilines is 1. The van der Waals surface area contributed by atoms with E-state index < -0.39 is 0 Å². The van der Waals surface area contributed by atoms with Crippen molar-refractivity contribution in [3.63, 3.8) is 0 Å². The zero-order chi connectivity index (χ0) is 21.6. The first-order valence-electron chi connectivity index (χ1n) is 10.8. The smallest absolute Gasteiger partial charge is 0.262 e. The number of benzene rings is 2. The molecule has 31 heavy (non-hydrogen) atoms. The van der Waals surface area contributed by atoms with E-state index in [9.17, 15) is 9.59 Å². The maximum atomic E-state index is 12.2. The van der Waals surface area contributed by atoms with E-state index in [1.807, 2.05) is 60.1 Å². The van der Waals surface area contributed by atoms with E-state index in [4.69, 9.17) is 9.72 Å². The lowest BCUT2D eigenvalue weighted by Crippen LogP contribution is -2.31. The third-order valence-electron chi connectivity index (χ3n) is 5.74. The molecule has 1 saturated carbocycles. The average molecular weight is 421 g/mol. The highest BCUT2D eigenvalue weighted by atomic mass is 16.5. The molecule has 1 aromatic heterocycles. The van der Waals surface area contributed by atoms with Gasteiger partial charge in [0.05, 0.1) is 11.0 Å². The van der Waals surface area contributed by atoms with Crippen LogP contribution in [0.4, 0.5) is 5.69 Å². The second kappa shape index (κ2) is 9.64. The summed E-state index contributed by atoms with van der Waals surface area (Å²) in [4.78, 5) is 29.1. The average Bonchev–Trinajstić information content (AvgIpc) is 3.42. The van der Waals surface area contributed by atoms with E-state index in [0.717, 1.165) is 42.5 Å². The Morgan fingerprint density at radius 2 is 1.90 bits per heavy atom. The normalized spacial score (nSPS) is 14.0. The van der Waals surface area contributed by atoms with Crippen molar-refractivity contribution in [3.8, 4) is 5.75 Å². The van der Waals surface area contributed by atoms with Gasteiger partial charge in [0, 0.05) is 31.6 Å². The molecule has 4 rings (SSSR count). The van der Waals surface area contributed by atoms with E-state index in [1.54, 1.807) is 0 Å². The summed E-state index contributed by atoms with van der Waals surface area (Å²) in [5.41, 5.74) is 2.46. The molecule has 1 aliphatic carbocycles. The number of rotatable bonds is 8. The number of aryl methyl sites for hydroxylation is 1. The molecule has 0 atom stereocenters. The fraction of sp³-hybridized carbons (Fsp3) is 0.375. The van der Waals surface area contributed by atoms with E-state index in [2.05, 4.69) is 10.6 Å². The number of aromatic nitrogens is 2. The van der Waals surface area contributed by atoms with Crippen LogP contribution in [0.3, 0.4) is 0 Å². The van der Waals surface area contributed by atoms with Gasteiger partial charge in [-0.1, -0.05) is 31.0 Å². The first-order valence-corrected chi connectivity index (χ1v) is 10.8. The Labute approximate surface area is 181 Å². The molecule has 0 unspecified atom stereocenters. The Morgan fingerprint density at radius 3 is 2.68 bits per heavy atom. The van der Waals surface area contributed by atoms with Crippen LogP contribution >= 0.6 is 0 Å². The molecule has 0 radical (unpaired) electrons. The Hall–Kier alpha value is -3.35. The SMILES string of the molecule is Cn1c(CCNC(=O)C2CCCC2)nc2cc(NC(=O)COc3ccccc3)ccc21. The molecule has 0 bridgehead atoms. The van der Waals surface area contributed by atoms with Gasteiger partial charge in [0.25, 0.3) is 5.91 Å². The number of nitrogens with zero attached hydrogens (tertiary/aromatic N) is 2. The maximum absolute atomic E-state index is 12.2. The molecule has 2 aromatic carbocycles. The first kappa shape index (κ1) is 20.9. The predicted octanol–water partition coefficient (Wildman–Crippen LogP) is 3.44. The molecule has 7 nitrogen and oxygen atoms in total. The van der Waals surface area contributed by atoms with Gasteiger partial charge in [0.15, 0.2) is 6.61 Å². The van der Waals surface area contributed by atoms with Gasteiger partial charge in [0.2, 0.25) is 5.91 Å². The minimum atomic E-state index is -0.228. The van der Waals surface area contributed by atoms with Gasteiger partial charge < -0.3 is 19.9 Å². The lowest BCUT2D eigenvalue weighted by Gasteiger charge is -2.10. The second-order valence-electron chi connectivity index (χ2n) is 7.96. The first-order chi connectivity index (χ1) is 15.1. The largest absolute Gasteiger partial charge is 0.484 e. The summed E-state index contributed by atoms with van der Waals surface area (Å²) < 4.78 is 7.51. The molecule has 2 N–H and O–H groups in total. The molecule has 1 aliphatic rings. The maximum Gasteiger partial charge on any atom is 0.262 e. The van der Waals surface area contributed by atoms with Gasteiger partial charge >= 0.3 is 0 Å². The number of hydrogen-bond donors (Lipinski definition) is 2. The number of amides is 2. The quantitative estimate of drug-likeness (QED) is 0.585. The van der Waals surface area contributed by atoms with Crippen LogP contribution in [-0.2, 0) is 23.1 Å². The van der Waals surface area contributed by atoms with Crippen LogP contribution in [-0.4, -0.2) is 34.5 Å².